The molecule has 2 amide bonds. The van der Waals surface area contributed by atoms with Crippen LogP contribution in [-0.2, 0) is 16.7 Å². The summed E-state index contributed by atoms with van der Waals surface area (Å²) in [6, 6.07) is 18.0. The first kappa shape index (κ1) is 24.7. The van der Waals surface area contributed by atoms with Gasteiger partial charge in [-0.05, 0) is 83.4 Å². The zero-order valence-corrected chi connectivity index (χ0v) is 20.6. The van der Waals surface area contributed by atoms with Crippen molar-refractivity contribution >= 4 is 37.8 Å². The summed E-state index contributed by atoms with van der Waals surface area (Å²) in [4.78, 5) is 14.5. The van der Waals surface area contributed by atoms with Gasteiger partial charge in [0.15, 0.2) is 0 Å². The zero-order valence-electron chi connectivity index (χ0n) is 18.2. The van der Waals surface area contributed by atoms with Crippen molar-refractivity contribution < 1.29 is 21.8 Å². The maximum atomic E-state index is 13.1. The van der Waals surface area contributed by atoms with E-state index in [1.165, 1.54) is 12.1 Å². The third kappa shape index (κ3) is 6.55. The summed E-state index contributed by atoms with van der Waals surface area (Å²) in [6.45, 7) is 4.29. The number of carbonyl (C=O) groups excluding carboxylic acids is 1. The normalized spacial score (nSPS) is 12.1. The SMILES string of the molecule is CCC(C)N(Cc1ccc(OS(=O)(=O)c2ccc(F)cc2)cc1)C(=O)Nc1ccccc1Br. The van der Waals surface area contributed by atoms with Crippen LogP contribution in [-0.4, -0.2) is 25.4 Å². The number of benzene rings is 3. The van der Waals surface area contributed by atoms with Crippen LogP contribution in [0.25, 0.3) is 0 Å². The number of rotatable bonds is 8. The van der Waals surface area contributed by atoms with Gasteiger partial charge in [-0.2, -0.15) is 8.42 Å². The number of anilines is 1. The van der Waals surface area contributed by atoms with Gasteiger partial charge in [0, 0.05) is 17.1 Å². The highest BCUT2D eigenvalue weighted by molar-refractivity contribution is 9.10. The van der Waals surface area contributed by atoms with Crippen molar-refractivity contribution in [2.24, 2.45) is 0 Å². The van der Waals surface area contributed by atoms with E-state index in [9.17, 15) is 17.6 Å². The first-order valence-electron chi connectivity index (χ1n) is 10.3. The molecule has 33 heavy (non-hydrogen) atoms. The fourth-order valence-corrected chi connectivity index (χ4v) is 4.33. The predicted octanol–water partition coefficient (Wildman–Crippen LogP) is 6.19. The van der Waals surface area contributed by atoms with Gasteiger partial charge in [-0.15, -0.1) is 0 Å². The molecule has 0 saturated heterocycles. The number of hydrogen-bond donors (Lipinski definition) is 1. The lowest BCUT2D eigenvalue weighted by Crippen LogP contribution is -2.40. The van der Waals surface area contributed by atoms with Crippen molar-refractivity contribution in [2.45, 2.75) is 37.8 Å². The van der Waals surface area contributed by atoms with Crippen LogP contribution in [0.2, 0.25) is 0 Å². The van der Waals surface area contributed by atoms with Gasteiger partial charge in [-0.3, -0.25) is 0 Å². The highest BCUT2D eigenvalue weighted by Gasteiger charge is 2.21. The Kier molecular flexibility index (Phi) is 8.10. The highest BCUT2D eigenvalue weighted by atomic mass is 79.9. The van der Waals surface area contributed by atoms with Gasteiger partial charge >= 0.3 is 16.1 Å². The highest BCUT2D eigenvalue weighted by Crippen LogP contribution is 2.24. The first-order valence-corrected chi connectivity index (χ1v) is 12.5. The molecule has 0 bridgehead atoms. The maximum absolute atomic E-state index is 13.1. The summed E-state index contributed by atoms with van der Waals surface area (Å²) in [5.41, 5.74) is 1.48. The lowest BCUT2D eigenvalue weighted by molar-refractivity contribution is 0.187. The van der Waals surface area contributed by atoms with Crippen LogP contribution in [0.5, 0.6) is 5.75 Å². The van der Waals surface area contributed by atoms with E-state index >= 15 is 0 Å². The van der Waals surface area contributed by atoms with E-state index < -0.39 is 15.9 Å². The average molecular weight is 535 g/mol. The number of hydrogen-bond acceptors (Lipinski definition) is 4. The summed E-state index contributed by atoms with van der Waals surface area (Å²) in [5, 5.41) is 2.92. The van der Waals surface area contributed by atoms with Crippen molar-refractivity contribution in [1.82, 2.24) is 4.90 Å². The number of carbonyl (C=O) groups is 1. The van der Waals surface area contributed by atoms with Gasteiger partial charge in [-0.25, -0.2) is 9.18 Å². The third-order valence-corrected chi connectivity index (χ3v) is 7.04. The Balaban J connectivity index is 1.72. The summed E-state index contributed by atoms with van der Waals surface area (Å²) in [7, 11) is -4.08. The molecule has 1 atom stereocenters. The molecule has 1 unspecified atom stereocenters. The number of nitrogens with one attached hydrogen (secondary N) is 1. The Morgan fingerprint density at radius 3 is 2.30 bits per heavy atom. The summed E-state index contributed by atoms with van der Waals surface area (Å²) < 4.78 is 43.8. The topological polar surface area (TPSA) is 75.7 Å². The van der Waals surface area contributed by atoms with Crippen LogP contribution in [0.4, 0.5) is 14.9 Å². The molecule has 0 radical (unpaired) electrons. The lowest BCUT2D eigenvalue weighted by atomic mass is 10.1. The van der Waals surface area contributed by atoms with Crippen LogP contribution in [0.3, 0.4) is 0 Å². The minimum Gasteiger partial charge on any atom is -0.379 e. The van der Waals surface area contributed by atoms with E-state index in [4.69, 9.17) is 4.18 Å². The van der Waals surface area contributed by atoms with E-state index in [1.54, 1.807) is 17.0 Å². The van der Waals surface area contributed by atoms with Gasteiger partial charge in [0.05, 0.1) is 5.69 Å². The molecule has 3 rings (SSSR count). The number of nitrogens with zero attached hydrogens (tertiary/aromatic N) is 1. The first-order chi connectivity index (χ1) is 15.7. The Morgan fingerprint density at radius 1 is 1.06 bits per heavy atom. The second-order valence-electron chi connectivity index (χ2n) is 7.43. The van der Waals surface area contributed by atoms with Crippen LogP contribution in [0.1, 0.15) is 25.8 Å². The van der Waals surface area contributed by atoms with E-state index in [1.807, 2.05) is 38.1 Å². The molecule has 0 aliphatic rings. The van der Waals surface area contributed by atoms with E-state index in [0.29, 0.717) is 12.2 Å². The minimum atomic E-state index is -4.08. The largest absolute Gasteiger partial charge is 0.379 e. The molecular weight excluding hydrogens is 511 g/mol. The third-order valence-electron chi connectivity index (χ3n) is 5.08. The van der Waals surface area contributed by atoms with Gasteiger partial charge in [0.2, 0.25) is 0 Å². The average Bonchev–Trinajstić information content (AvgIpc) is 2.79. The second-order valence-corrected chi connectivity index (χ2v) is 9.83. The van der Waals surface area contributed by atoms with Crippen molar-refractivity contribution in [3.63, 3.8) is 0 Å². The van der Waals surface area contributed by atoms with Gasteiger partial charge < -0.3 is 14.4 Å². The monoisotopic (exact) mass is 534 g/mol. The fourth-order valence-electron chi connectivity index (χ4n) is 3.02. The Morgan fingerprint density at radius 2 is 1.70 bits per heavy atom. The molecule has 0 aromatic heterocycles. The standard InChI is InChI=1S/C24H24BrFN2O4S/c1-3-17(2)28(24(29)27-23-7-5-4-6-22(23)25)16-18-8-12-20(13-9-18)32-33(30,31)21-14-10-19(26)11-15-21/h4-15,17H,3,16H2,1-2H3,(H,27,29). The molecule has 3 aromatic carbocycles. The quantitative estimate of drug-likeness (QED) is 0.349. The number of amides is 2. The Hall–Kier alpha value is -2.91. The summed E-state index contributed by atoms with van der Waals surface area (Å²) in [6.07, 6.45) is 0.764. The molecular formula is C24H24BrFN2O4S. The molecule has 0 saturated carbocycles. The molecule has 0 fully saturated rings. The number of urea groups is 1. The zero-order chi connectivity index (χ0) is 24.0. The number of halogens is 2. The Labute approximate surface area is 201 Å². The predicted molar refractivity (Wildman–Crippen MR) is 129 cm³/mol. The van der Waals surface area contributed by atoms with Crippen molar-refractivity contribution in [1.29, 1.82) is 0 Å². The lowest BCUT2D eigenvalue weighted by Gasteiger charge is -2.29. The number of para-hydroxylation sites is 1. The van der Waals surface area contributed by atoms with Crippen LogP contribution >= 0.6 is 15.9 Å². The maximum Gasteiger partial charge on any atom is 0.339 e. The molecule has 174 valence electrons. The molecule has 0 spiro atoms. The van der Waals surface area contributed by atoms with Gasteiger partial charge in [0.1, 0.15) is 16.5 Å². The van der Waals surface area contributed by atoms with Crippen LogP contribution in [0, 0.1) is 5.82 Å². The molecule has 0 heterocycles. The molecule has 1 N–H and O–H groups in total. The molecule has 0 aliphatic heterocycles. The van der Waals surface area contributed by atoms with E-state index in [2.05, 4.69) is 21.2 Å². The molecule has 3 aromatic rings. The van der Waals surface area contributed by atoms with Gasteiger partial charge in [-0.1, -0.05) is 31.2 Å². The van der Waals surface area contributed by atoms with E-state index in [0.717, 1.165) is 40.7 Å². The van der Waals surface area contributed by atoms with Crippen molar-refractivity contribution in [3.8, 4) is 5.75 Å². The smallest absolute Gasteiger partial charge is 0.339 e. The van der Waals surface area contributed by atoms with Gasteiger partial charge in [0.25, 0.3) is 0 Å². The van der Waals surface area contributed by atoms with Crippen LogP contribution < -0.4 is 9.50 Å². The summed E-state index contributed by atoms with van der Waals surface area (Å²) >= 11 is 3.43. The summed E-state index contributed by atoms with van der Waals surface area (Å²) in [5.74, 6) is -0.413. The minimum absolute atomic E-state index is 0.0257. The fraction of sp³-hybridized carbons (Fsp3) is 0.208. The molecule has 6 nitrogen and oxygen atoms in total. The van der Waals surface area contributed by atoms with Crippen LogP contribution in [0.15, 0.2) is 82.2 Å². The van der Waals surface area contributed by atoms with Crippen molar-refractivity contribution in [3.05, 3.63) is 88.6 Å². The van der Waals surface area contributed by atoms with Crippen molar-refractivity contribution in [2.75, 3.05) is 5.32 Å². The Bertz CT molecular complexity index is 1200. The van der Waals surface area contributed by atoms with E-state index in [-0.39, 0.29) is 22.7 Å². The molecule has 0 aliphatic carbocycles. The second kappa shape index (κ2) is 10.8. The molecule has 9 heteroatoms.